The first-order chi connectivity index (χ1) is 10.3. The molecule has 0 saturated heterocycles. The van der Waals surface area contributed by atoms with E-state index in [0.717, 1.165) is 5.56 Å². The second-order valence-corrected chi connectivity index (χ2v) is 6.03. The zero-order chi connectivity index (χ0) is 16.5. The van der Waals surface area contributed by atoms with E-state index in [1.807, 2.05) is 38.1 Å². The van der Waals surface area contributed by atoms with Crippen LogP contribution in [0.4, 0.5) is 5.69 Å². The highest BCUT2D eigenvalue weighted by molar-refractivity contribution is 6.16. The van der Waals surface area contributed by atoms with Crippen LogP contribution in [-0.2, 0) is 9.59 Å². The topological polar surface area (TPSA) is 61.9 Å². The Morgan fingerprint density at radius 3 is 2.73 bits per heavy atom. The van der Waals surface area contributed by atoms with Gasteiger partial charge in [-0.3, -0.25) is 9.59 Å². The lowest BCUT2D eigenvalue weighted by Crippen LogP contribution is -2.61. The van der Waals surface area contributed by atoms with Crippen molar-refractivity contribution < 1.29 is 14.3 Å². The van der Waals surface area contributed by atoms with Crippen molar-refractivity contribution in [1.82, 2.24) is 10.2 Å². The standard InChI is InChI=1S/C16H23N3O3/c1-11-6-7-13-12(10-11)19(5)15(21)16(2,22-13)14(20)17-8-9-18(3)4/h6-7,10H,8-9H2,1-5H3,(H,17,20). The Morgan fingerprint density at radius 2 is 2.09 bits per heavy atom. The summed E-state index contributed by atoms with van der Waals surface area (Å²) < 4.78 is 5.76. The Morgan fingerprint density at radius 1 is 1.41 bits per heavy atom. The summed E-state index contributed by atoms with van der Waals surface area (Å²) in [6.45, 7) is 4.62. The normalized spacial score (nSPS) is 20.6. The van der Waals surface area contributed by atoms with Crippen molar-refractivity contribution in [3.05, 3.63) is 23.8 Å². The van der Waals surface area contributed by atoms with E-state index in [0.29, 0.717) is 24.5 Å². The summed E-state index contributed by atoms with van der Waals surface area (Å²) in [4.78, 5) is 28.5. The fourth-order valence-electron chi connectivity index (χ4n) is 2.37. The minimum Gasteiger partial charge on any atom is -0.466 e. The highest BCUT2D eigenvalue weighted by atomic mass is 16.5. The van der Waals surface area contributed by atoms with Gasteiger partial charge in [-0.2, -0.15) is 0 Å². The summed E-state index contributed by atoms with van der Waals surface area (Å²) in [5.41, 5.74) is 0.174. The fourth-order valence-corrected chi connectivity index (χ4v) is 2.37. The predicted molar refractivity (Wildman–Crippen MR) is 85.2 cm³/mol. The van der Waals surface area contributed by atoms with Crippen LogP contribution in [0.1, 0.15) is 12.5 Å². The molecule has 6 heteroatoms. The van der Waals surface area contributed by atoms with Gasteiger partial charge in [0.15, 0.2) is 0 Å². The van der Waals surface area contributed by atoms with Crippen molar-refractivity contribution in [2.45, 2.75) is 19.4 Å². The van der Waals surface area contributed by atoms with Gasteiger partial charge in [-0.15, -0.1) is 0 Å². The molecule has 0 aliphatic carbocycles. The molecule has 1 unspecified atom stereocenters. The lowest BCUT2D eigenvalue weighted by molar-refractivity contribution is -0.148. The molecule has 22 heavy (non-hydrogen) atoms. The molecule has 1 heterocycles. The number of benzene rings is 1. The number of aryl methyl sites for hydroxylation is 1. The molecule has 1 aliphatic heterocycles. The summed E-state index contributed by atoms with van der Waals surface area (Å²) in [5.74, 6) is -0.247. The highest BCUT2D eigenvalue weighted by Crippen LogP contribution is 2.37. The highest BCUT2D eigenvalue weighted by Gasteiger charge is 2.49. The second-order valence-electron chi connectivity index (χ2n) is 6.03. The molecule has 1 N–H and O–H groups in total. The number of rotatable bonds is 4. The molecule has 0 spiro atoms. The number of anilines is 1. The van der Waals surface area contributed by atoms with Crippen LogP contribution in [0.5, 0.6) is 5.75 Å². The van der Waals surface area contributed by atoms with Crippen LogP contribution in [0.2, 0.25) is 0 Å². The number of fused-ring (bicyclic) bond motifs is 1. The molecular formula is C16H23N3O3. The van der Waals surface area contributed by atoms with Gasteiger partial charge in [0.25, 0.3) is 17.4 Å². The smallest absolute Gasteiger partial charge is 0.280 e. The largest absolute Gasteiger partial charge is 0.466 e. The molecule has 0 aromatic heterocycles. The zero-order valence-electron chi connectivity index (χ0n) is 13.8. The quantitative estimate of drug-likeness (QED) is 0.835. The number of likely N-dealkylation sites (N-methyl/N-ethyl adjacent to an activating group) is 2. The first-order valence-electron chi connectivity index (χ1n) is 7.26. The van der Waals surface area contributed by atoms with Gasteiger partial charge in [0, 0.05) is 20.1 Å². The molecule has 0 saturated carbocycles. The average molecular weight is 305 g/mol. The van der Waals surface area contributed by atoms with E-state index < -0.39 is 11.5 Å². The lowest BCUT2D eigenvalue weighted by Gasteiger charge is -2.38. The summed E-state index contributed by atoms with van der Waals surface area (Å²) in [6, 6.07) is 5.56. The average Bonchev–Trinajstić information content (AvgIpc) is 2.45. The summed E-state index contributed by atoms with van der Waals surface area (Å²) in [6.07, 6.45) is 0. The van der Waals surface area contributed by atoms with Gasteiger partial charge < -0.3 is 19.9 Å². The monoisotopic (exact) mass is 305 g/mol. The molecule has 120 valence electrons. The van der Waals surface area contributed by atoms with Crippen LogP contribution in [-0.4, -0.2) is 56.5 Å². The second kappa shape index (κ2) is 5.96. The predicted octanol–water partition coefficient (Wildman–Crippen LogP) is 0.787. The van der Waals surface area contributed by atoms with Crippen LogP contribution in [0.3, 0.4) is 0 Å². The molecule has 1 aromatic carbocycles. The van der Waals surface area contributed by atoms with Crippen LogP contribution < -0.4 is 15.0 Å². The van der Waals surface area contributed by atoms with Crippen molar-refractivity contribution in [2.24, 2.45) is 0 Å². The zero-order valence-corrected chi connectivity index (χ0v) is 13.8. The van der Waals surface area contributed by atoms with Crippen molar-refractivity contribution in [3.63, 3.8) is 0 Å². The van der Waals surface area contributed by atoms with E-state index in [9.17, 15) is 9.59 Å². The first-order valence-corrected chi connectivity index (χ1v) is 7.26. The van der Waals surface area contributed by atoms with Crippen LogP contribution >= 0.6 is 0 Å². The van der Waals surface area contributed by atoms with Crippen LogP contribution in [0.15, 0.2) is 18.2 Å². The van der Waals surface area contributed by atoms with E-state index >= 15 is 0 Å². The molecule has 2 rings (SSSR count). The van der Waals surface area contributed by atoms with E-state index in [1.54, 1.807) is 13.1 Å². The molecule has 0 radical (unpaired) electrons. The Balaban J connectivity index is 2.22. The van der Waals surface area contributed by atoms with Crippen molar-refractivity contribution in [1.29, 1.82) is 0 Å². The Kier molecular flexibility index (Phi) is 4.42. The molecule has 0 fully saturated rings. The Hall–Kier alpha value is -2.08. The number of hydrogen-bond acceptors (Lipinski definition) is 4. The number of carbonyl (C=O) groups is 2. The number of hydrogen-bond donors (Lipinski definition) is 1. The van der Waals surface area contributed by atoms with Gasteiger partial charge in [0.1, 0.15) is 5.75 Å². The summed E-state index contributed by atoms with van der Waals surface area (Å²) in [7, 11) is 5.50. The van der Waals surface area contributed by atoms with Crippen molar-refractivity contribution in [2.75, 3.05) is 39.1 Å². The summed E-state index contributed by atoms with van der Waals surface area (Å²) >= 11 is 0. The fraction of sp³-hybridized carbons (Fsp3) is 0.500. The maximum atomic E-state index is 12.6. The molecule has 6 nitrogen and oxygen atoms in total. The maximum Gasteiger partial charge on any atom is 0.280 e. The van der Waals surface area contributed by atoms with E-state index in [-0.39, 0.29) is 5.91 Å². The number of ether oxygens (including phenoxy) is 1. The van der Waals surface area contributed by atoms with E-state index in [2.05, 4.69) is 5.32 Å². The first kappa shape index (κ1) is 16.3. The molecule has 1 atom stereocenters. The molecule has 1 aliphatic rings. The summed E-state index contributed by atoms with van der Waals surface area (Å²) in [5, 5.41) is 2.76. The van der Waals surface area contributed by atoms with Crippen LogP contribution in [0, 0.1) is 6.92 Å². The van der Waals surface area contributed by atoms with Gasteiger partial charge in [-0.25, -0.2) is 0 Å². The van der Waals surface area contributed by atoms with E-state index in [4.69, 9.17) is 4.74 Å². The minimum absolute atomic E-state index is 0.368. The SMILES string of the molecule is Cc1ccc2c(c1)N(C)C(=O)C(C)(C(=O)NCCN(C)C)O2. The Labute approximate surface area is 131 Å². The molecular weight excluding hydrogens is 282 g/mol. The number of nitrogens with one attached hydrogen (secondary N) is 1. The van der Waals surface area contributed by atoms with E-state index in [1.165, 1.54) is 11.8 Å². The number of nitrogens with zero attached hydrogens (tertiary/aromatic N) is 2. The number of amides is 2. The Bertz CT molecular complexity index is 600. The third-order valence-corrected chi connectivity index (χ3v) is 3.78. The van der Waals surface area contributed by atoms with Crippen molar-refractivity contribution >= 4 is 17.5 Å². The molecule has 2 amide bonds. The molecule has 1 aromatic rings. The van der Waals surface area contributed by atoms with Gasteiger partial charge >= 0.3 is 0 Å². The van der Waals surface area contributed by atoms with Gasteiger partial charge in [-0.05, 0) is 45.6 Å². The van der Waals surface area contributed by atoms with Gasteiger partial charge in [0.05, 0.1) is 5.69 Å². The third kappa shape index (κ3) is 2.92. The lowest BCUT2D eigenvalue weighted by atomic mass is 10.00. The third-order valence-electron chi connectivity index (χ3n) is 3.78. The number of carbonyl (C=O) groups excluding carboxylic acids is 2. The maximum absolute atomic E-state index is 12.6. The van der Waals surface area contributed by atoms with Crippen molar-refractivity contribution in [3.8, 4) is 5.75 Å². The van der Waals surface area contributed by atoms with Gasteiger partial charge in [-0.1, -0.05) is 6.07 Å². The minimum atomic E-state index is -1.54. The van der Waals surface area contributed by atoms with Gasteiger partial charge in [0.2, 0.25) is 0 Å². The van der Waals surface area contributed by atoms with Crippen LogP contribution in [0.25, 0.3) is 0 Å². The molecule has 0 bridgehead atoms.